The number of halogens is 2. The van der Waals surface area contributed by atoms with Gasteiger partial charge in [0.05, 0.1) is 33.5 Å². The summed E-state index contributed by atoms with van der Waals surface area (Å²) in [5, 5.41) is 8.52. The van der Waals surface area contributed by atoms with E-state index in [1.54, 1.807) is 0 Å². The Bertz CT molecular complexity index is 826. The predicted molar refractivity (Wildman–Crippen MR) is 128 cm³/mol. The maximum atomic E-state index is 6.28. The highest BCUT2D eigenvalue weighted by atomic mass is 35.5. The van der Waals surface area contributed by atoms with E-state index in [0.717, 1.165) is 30.1 Å². The lowest BCUT2D eigenvalue weighted by molar-refractivity contribution is 0.419. The Hall–Kier alpha value is -1.71. The van der Waals surface area contributed by atoms with Crippen LogP contribution in [0.2, 0.25) is 10.0 Å². The minimum absolute atomic E-state index is 0.153. The van der Waals surface area contributed by atoms with Crippen molar-refractivity contribution in [2.24, 2.45) is 4.99 Å². The molecule has 0 saturated heterocycles. The van der Waals surface area contributed by atoms with Crippen LogP contribution in [0.25, 0.3) is 0 Å². The van der Waals surface area contributed by atoms with E-state index >= 15 is 0 Å². The van der Waals surface area contributed by atoms with Crippen LogP contribution in [-0.4, -0.2) is 11.4 Å². The molecule has 0 aromatic heterocycles. The molecular formula is C24H31Cl2N3. The van der Waals surface area contributed by atoms with Crippen molar-refractivity contribution in [1.29, 1.82) is 0 Å². The summed E-state index contributed by atoms with van der Waals surface area (Å²) in [6.07, 6.45) is 8.46. The molecule has 2 aromatic rings. The van der Waals surface area contributed by atoms with Gasteiger partial charge in [-0.25, -0.2) is 0 Å². The molecule has 3 nitrogen and oxygen atoms in total. The molecule has 0 amide bonds. The van der Waals surface area contributed by atoms with Crippen molar-refractivity contribution in [1.82, 2.24) is 0 Å². The molecule has 4 rings (SSSR count). The van der Waals surface area contributed by atoms with Crippen molar-refractivity contribution in [3.63, 3.8) is 0 Å². The van der Waals surface area contributed by atoms with Crippen LogP contribution in [0.15, 0.2) is 47.5 Å². The maximum absolute atomic E-state index is 6.28. The first-order chi connectivity index (χ1) is 14.2. The van der Waals surface area contributed by atoms with Crippen LogP contribution in [0.5, 0.6) is 0 Å². The zero-order chi connectivity index (χ0) is 20.7. The molecule has 5 heteroatoms. The van der Waals surface area contributed by atoms with Gasteiger partial charge in [0, 0.05) is 0 Å². The van der Waals surface area contributed by atoms with E-state index < -0.39 is 0 Å². The second-order valence-electron chi connectivity index (χ2n) is 7.56. The zero-order valence-corrected chi connectivity index (χ0v) is 18.9. The second kappa shape index (κ2) is 10.4. The average molecular weight is 432 g/mol. The van der Waals surface area contributed by atoms with E-state index in [0.29, 0.717) is 16.6 Å². The summed E-state index contributed by atoms with van der Waals surface area (Å²) in [7, 11) is 0. The van der Waals surface area contributed by atoms with E-state index in [2.05, 4.69) is 34.9 Å². The molecule has 1 aliphatic heterocycles. The molecule has 0 atom stereocenters. The topological polar surface area (TPSA) is 36.4 Å². The number of aliphatic imine (C=N–C) groups is 1. The molecule has 0 unspecified atom stereocenters. The molecule has 0 bridgehead atoms. The highest BCUT2D eigenvalue weighted by Crippen LogP contribution is 2.41. The number of rotatable bonds is 2. The van der Waals surface area contributed by atoms with Gasteiger partial charge in [0.25, 0.3) is 0 Å². The fourth-order valence-corrected chi connectivity index (χ4v) is 4.46. The molecule has 2 N–H and O–H groups in total. The molecule has 29 heavy (non-hydrogen) atoms. The summed E-state index contributed by atoms with van der Waals surface area (Å²) in [6.45, 7) is 4.67. The van der Waals surface area contributed by atoms with Crippen LogP contribution in [0.3, 0.4) is 0 Å². The highest BCUT2D eigenvalue weighted by molar-refractivity contribution is 6.42. The number of nitrogens with zero attached hydrogens (tertiary/aromatic N) is 1. The van der Waals surface area contributed by atoms with Gasteiger partial charge in [0.1, 0.15) is 5.84 Å². The van der Waals surface area contributed by atoms with Gasteiger partial charge < -0.3 is 10.6 Å². The van der Waals surface area contributed by atoms with Crippen LogP contribution in [0, 0.1) is 0 Å². The lowest BCUT2D eigenvalue weighted by Crippen LogP contribution is -2.53. The summed E-state index contributed by atoms with van der Waals surface area (Å²) in [4.78, 5) is 5.02. The van der Waals surface area contributed by atoms with Gasteiger partial charge in [-0.05, 0) is 30.5 Å². The molecular weight excluding hydrogens is 401 g/mol. The van der Waals surface area contributed by atoms with E-state index in [1.807, 2.05) is 32.0 Å². The first-order valence-corrected chi connectivity index (χ1v) is 11.5. The van der Waals surface area contributed by atoms with E-state index in [1.165, 1.54) is 37.7 Å². The fourth-order valence-electron chi connectivity index (χ4n) is 4.13. The van der Waals surface area contributed by atoms with Crippen molar-refractivity contribution in [2.75, 3.05) is 10.6 Å². The third-order valence-corrected chi connectivity index (χ3v) is 6.33. The summed E-state index contributed by atoms with van der Waals surface area (Å²) in [5.41, 5.74) is 3.03. The molecule has 1 spiro atoms. The molecule has 1 heterocycles. The van der Waals surface area contributed by atoms with Crippen molar-refractivity contribution in [3.05, 3.63) is 58.1 Å². The normalized spacial score (nSPS) is 19.1. The Morgan fingerprint density at radius 3 is 2.10 bits per heavy atom. The Kier molecular flexibility index (Phi) is 7.85. The molecule has 156 valence electrons. The maximum Gasteiger partial charge on any atom is 0.127 e. The minimum atomic E-state index is -0.153. The van der Waals surface area contributed by atoms with Gasteiger partial charge >= 0.3 is 0 Å². The van der Waals surface area contributed by atoms with Crippen molar-refractivity contribution < 1.29 is 0 Å². The summed E-state index contributed by atoms with van der Waals surface area (Å²) >= 11 is 12.5. The second-order valence-corrected chi connectivity index (χ2v) is 8.38. The van der Waals surface area contributed by atoms with Crippen molar-refractivity contribution in [2.45, 2.75) is 70.9 Å². The summed E-state index contributed by atoms with van der Waals surface area (Å²) in [5.74, 6) is 1.03. The Morgan fingerprint density at radius 2 is 1.45 bits per heavy atom. The van der Waals surface area contributed by atoms with E-state index in [9.17, 15) is 0 Å². The monoisotopic (exact) mass is 431 g/mol. The molecule has 2 aliphatic rings. The molecule has 0 radical (unpaired) electrons. The molecule has 1 aliphatic carbocycles. The standard InChI is InChI=1S/C22H25Cl2N3.C2H6/c23-17-13-19-20(14-18(17)24)27-22(11-7-2-1-3-8-12-22)21(26-19)25-15-16-9-5-4-6-10-16;1-2/h4-6,9-10,13-14,27H,1-3,7-8,11-12,15H2,(H,25,26);1-2H3. The summed E-state index contributed by atoms with van der Waals surface area (Å²) < 4.78 is 0. The Balaban J connectivity index is 0.00000117. The van der Waals surface area contributed by atoms with Gasteiger partial charge in [-0.2, -0.15) is 0 Å². The number of benzene rings is 2. The number of hydrogen-bond donors (Lipinski definition) is 2. The first-order valence-electron chi connectivity index (χ1n) is 10.8. The third kappa shape index (κ3) is 5.26. The fraction of sp³-hybridized carbons (Fsp3) is 0.458. The van der Waals surface area contributed by atoms with Crippen LogP contribution in [0.4, 0.5) is 11.4 Å². The molecule has 1 saturated carbocycles. The van der Waals surface area contributed by atoms with Crippen LogP contribution in [-0.2, 0) is 6.54 Å². The third-order valence-electron chi connectivity index (χ3n) is 5.61. The van der Waals surface area contributed by atoms with Gasteiger partial charge in [-0.1, -0.05) is 99.5 Å². The first kappa shape index (κ1) is 22.0. The molecule has 1 fully saturated rings. The smallest absolute Gasteiger partial charge is 0.127 e. The van der Waals surface area contributed by atoms with E-state index in [4.69, 9.17) is 28.2 Å². The van der Waals surface area contributed by atoms with Crippen molar-refractivity contribution >= 4 is 40.4 Å². The quantitative estimate of drug-likeness (QED) is 0.505. The van der Waals surface area contributed by atoms with Gasteiger partial charge in [-0.15, -0.1) is 0 Å². The van der Waals surface area contributed by atoms with Gasteiger partial charge in [-0.3, -0.25) is 4.99 Å². The molecule has 2 aromatic carbocycles. The van der Waals surface area contributed by atoms with Crippen LogP contribution < -0.4 is 10.6 Å². The number of hydrogen-bond acceptors (Lipinski definition) is 2. The van der Waals surface area contributed by atoms with Crippen molar-refractivity contribution in [3.8, 4) is 0 Å². The SMILES string of the molecule is CC.Clc1cc2c(cc1Cl)NC1(CCCCCCC1)C(=NCc1ccccc1)N2. The van der Waals surface area contributed by atoms with Crippen LogP contribution in [0.1, 0.15) is 64.4 Å². The number of amidine groups is 1. The van der Waals surface area contributed by atoms with E-state index in [-0.39, 0.29) is 5.54 Å². The average Bonchev–Trinajstić information content (AvgIpc) is 2.73. The van der Waals surface area contributed by atoms with Gasteiger partial charge in [0.2, 0.25) is 0 Å². The minimum Gasteiger partial charge on any atom is -0.371 e. The zero-order valence-electron chi connectivity index (χ0n) is 17.4. The lowest BCUT2D eigenvalue weighted by atomic mass is 9.81. The number of nitrogens with one attached hydrogen (secondary N) is 2. The highest BCUT2D eigenvalue weighted by Gasteiger charge is 2.39. The Morgan fingerprint density at radius 1 is 0.862 bits per heavy atom. The lowest BCUT2D eigenvalue weighted by Gasteiger charge is -2.43. The largest absolute Gasteiger partial charge is 0.371 e. The Labute approximate surface area is 184 Å². The predicted octanol–water partition coefficient (Wildman–Crippen LogP) is 7.94. The number of anilines is 2. The van der Waals surface area contributed by atoms with Crippen LogP contribution >= 0.6 is 23.2 Å². The number of fused-ring (bicyclic) bond motifs is 1. The van der Waals surface area contributed by atoms with Gasteiger partial charge in [0.15, 0.2) is 0 Å². The summed E-state index contributed by atoms with van der Waals surface area (Å²) in [6, 6.07) is 14.2.